The van der Waals surface area contributed by atoms with E-state index in [0.717, 1.165) is 20.7 Å². The number of aliphatic hydroxyl groups excluding tert-OH is 1. The van der Waals surface area contributed by atoms with Gasteiger partial charge < -0.3 is 15.3 Å². The van der Waals surface area contributed by atoms with Crippen LogP contribution in [0.1, 0.15) is 10.4 Å². The van der Waals surface area contributed by atoms with E-state index in [1.54, 1.807) is 23.5 Å². The van der Waals surface area contributed by atoms with Gasteiger partial charge in [-0.05, 0) is 30.2 Å². The van der Waals surface area contributed by atoms with E-state index >= 15 is 0 Å². The first-order valence-electron chi connectivity index (χ1n) is 10.3. The topological polar surface area (TPSA) is 81.6 Å². The van der Waals surface area contributed by atoms with Crippen molar-refractivity contribution in [3.05, 3.63) is 58.0 Å². The number of β-amino-alcohol motifs (C(OH)–C–C–N with tert-alkyl or cyclic N) is 1. The van der Waals surface area contributed by atoms with Crippen molar-refractivity contribution >= 4 is 50.6 Å². The molecule has 1 amide bonds. The molecule has 4 heterocycles. The number of halogens is 2. The van der Waals surface area contributed by atoms with Gasteiger partial charge in [0, 0.05) is 42.8 Å². The van der Waals surface area contributed by atoms with Gasteiger partial charge in [-0.25, -0.2) is 14.4 Å². The minimum Gasteiger partial charge on any atom is -0.390 e. The lowest BCUT2D eigenvalue weighted by molar-refractivity contribution is -0.126. The number of thiophene rings is 1. The molecule has 0 aliphatic carbocycles. The highest BCUT2D eigenvalue weighted by atomic mass is 35.5. The van der Waals surface area contributed by atoms with Gasteiger partial charge in [0.1, 0.15) is 22.8 Å². The molecule has 32 heavy (non-hydrogen) atoms. The molecule has 0 radical (unpaired) electrons. The number of aromatic nitrogens is 2. The molecule has 1 fully saturated rings. The molecular weight excluding hydrogens is 453 g/mol. The fraction of sp³-hybridized carbons (Fsp3) is 0.318. The highest BCUT2D eigenvalue weighted by molar-refractivity contribution is 7.19. The average molecular weight is 474 g/mol. The van der Waals surface area contributed by atoms with Gasteiger partial charge >= 0.3 is 0 Å². The van der Waals surface area contributed by atoms with Crippen molar-refractivity contribution in [3.8, 4) is 0 Å². The molecule has 10 heteroatoms. The number of nitrogens with zero attached hydrogens (tertiary/aromatic N) is 4. The van der Waals surface area contributed by atoms with E-state index in [-0.39, 0.29) is 17.0 Å². The Morgan fingerprint density at radius 1 is 1.38 bits per heavy atom. The van der Waals surface area contributed by atoms with Crippen LogP contribution >= 0.6 is 22.9 Å². The normalized spacial score (nSPS) is 17.0. The molecule has 2 aliphatic rings. The molecule has 7 nitrogen and oxygen atoms in total. The number of anilines is 2. The lowest BCUT2D eigenvalue weighted by atomic mass is 10.0. The number of benzene rings is 1. The van der Waals surface area contributed by atoms with Crippen LogP contribution in [0.3, 0.4) is 0 Å². The van der Waals surface area contributed by atoms with Crippen LogP contribution < -0.4 is 5.32 Å². The SMILES string of the molecule is O=C(/C=C/CN1CC(O)C1)N1CCc2c(sc3ncnc(Nc4ccc(F)c(Cl)c4)c23)C1. The van der Waals surface area contributed by atoms with Gasteiger partial charge in [0.2, 0.25) is 5.91 Å². The van der Waals surface area contributed by atoms with Crippen LogP contribution in [0.4, 0.5) is 15.9 Å². The van der Waals surface area contributed by atoms with Crippen LogP contribution in [0.2, 0.25) is 5.02 Å². The molecule has 0 bridgehead atoms. The quantitative estimate of drug-likeness (QED) is 0.553. The number of likely N-dealkylation sites (tertiary alicyclic amines) is 1. The van der Waals surface area contributed by atoms with Crippen LogP contribution in [-0.2, 0) is 17.8 Å². The standard InChI is InChI=1S/C22H21ClFN5O2S/c23-16-8-13(3-4-17(16)24)27-21-20-15-5-7-29(11-18(15)32-22(20)26-12-25-21)19(31)2-1-6-28-9-14(30)10-28/h1-4,8,12,14,30H,5-7,9-11H2,(H,25,26,27)/b2-1+. The van der Waals surface area contributed by atoms with E-state index < -0.39 is 5.82 Å². The zero-order valence-corrected chi connectivity index (χ0v) is 18.7. The summed E-state index contributed by atoms with van der Waals surface area (Å²) < 4.78 is 13.5. The van der Waals surface area contributed by atoms with Crippen molar-refractivity contribution in [2.45, 2.75) is 19.1 Å². The monoisotopic (exact) mass is 473 g/mol. The molecule has 1 aromatic carbocycles. The smallest absolute Gasteiger partial charge is 0.246 e. The Hall–Kier alpha value is -2.59. The largest absolute Gasteiger partial charge is 0.390 e. The third kappa shape index (κ3) is 4.21. The van der Waals surface area contributed by atoms with E-state index in [1.807, 2.05) is 11.0 Å². The second-order valence-corrected chi connectivity index (χ2v) is 9.44. The molecular formula is C22H21ClFN5O2S. The van der Waals surface area contributed by atoms with Crippen molar-refractivity contribution in [1.29, 1.82) is 0 Å². The Morgan fingerprint density at radius 2 is 2.22 bits per heavy atom. The maximum Gasteiger partial charge on any atom is 0.246 e. The summed E-state index contributed by atoms with van der Waals surface area (Å²) in [6.07, 6.45) is 5.44. The molecule has 3 aromatic rings. The molecule has 1 saturated heterocycles. The van der Waals surface area contributed by atoms with Crippen molar-refractivity contribution in [1.82, 2.24) is 19.8 Å². The summed E-state index contributed by atoms with van der Waals surface area (Å²) in [5.74, 6) is 0.158. The minimum absolute atomic E-state index is 0.0143. The Bertz CT molecular complexity index is 1210. The van der Waals surface area contributed by atoms with Crippen molar-refractivity contribution in [3.63, 3.8) is 0 Å². The number of rotatable bonds is 5. The predicted molar refractivity (Wildman–Crippen MR) is 123 cm³/mol. The van der Waals surface area contributed by atoms with E-state index in [9.17, 15) is 14.3 Å². The number of aliphatic hydroxyl groups is 1. The Kier molecular flexibility index (Phi) is 5.81. The molecule has 0 atom stereocenters. The van der Waals surface area contributed by atoms with Gasteiger partial charge in [0.05, 0.1) is 23.1 Å². The lowest BCUT2D eigenvalue weighted by Gasteiger charge is -2.34. The second-order valence-electron chi connectivity index (χ2n) is 7.94. The Labute approximate surface area is 193 Å². The van der Waals surface area contributed by atoms with E-state index in [1.165, 1.54) is 18.5 Å². The summed E-state index contributed by atoms with van der Waals surface area (Å²) in [6, 6.07) is 4.45. The van der Waals surface area contributed by atoms with Crippen molar-refractivity contribution in [2.75, 3.05) is 31.5 Å². The van der Waals surface area contributed by atoms with Crippen LogP contribution in [0.5, 0.6) is 0 Å². The zero-order chi connectivity index (χ0) is 22.2. The summed E-state index contributed by atoms with van der Waals surface area (Å²) >= 11 is 7.47. The molecule has 0 saturated carbocycles. The van der Waals surface area contributed by atoms with E-state index in [4.69, 9.17) is 11.6 Å². The first-order valence-corrected chi connectivity index (χ1v) is 11.5. The number of carbonyl (C=O) groups excluding carboxylic acids is 1. The first-order chi connectivity index (χ1) is 15.5. The van der Waals surface area contributed by atoms with Gasteiger partial charge in [-0.1, -0.05) is 17.7 Å². The van der Waals surface area contributed by atoms with Gasteiger partial charge in [-0.2, -0.15) is 0 Å². The number of hydrogen-bond acceptors (Lipinski definition) is 7. The summed E-state index contributed by atoms with van der Waals surface area (Å²) in [7, 11) is 0. The van der Waals surface area contributed by atoms with Gasteiger partial charge in [0.15, 0.2) is 0 Å². The van der Waals surface area contributed by atoms with Gasteiger partial charge in [-0.15, -0.1) is 11.3 Å². The average Bonchev–Trinajstić information content (AvgIpc) is 3.13. The minimum atomic E-state index is -0.473. The van der Waals surface area contributed by atoms with Gasteiger partial charge in [-0.3, -0.25) is 9.69 Å². The predicted octanol–water partition coefficient (Wildman–Crippen LogP) is 3.34. The van der Waals surface area contributed by atoms with Crippen LogP contribution in [0.15, 0.2) is 36.7 Å². The molecule has 2 aliphatic heterocycles. The number of hydrogen-bond donors (Lipinski definition) is 2. The number of carbonyl (C=O) groups is 1. The molecule has 2 N–H and O–H groups in total. The molecule has 166 valence electrons. The fourth-order valence-corrected chi connectivity index (χ4v) is 5.40. The van der Waals surface area contributed by atoms with Gasteiger partial charge in [0.25, 0.3) is 0 Å². The summed E-state index contributed by atoms with van der Waals surface area (Å²) in [5.41, 5.74) is 1.78. The van der Waals surface area contributed by atoms with Crippen LogP contribution in [-0.4, -0.2) is 63.1 Å². The third-order valence-electron chi connectivity index (χ3n) is 5.69. The lowest BCUT2D eigenvalue weighted by Crippen LogP contribution is -2.50. The summed E-state index contributed by atoms with van der Waals surface area (Å²) in [4.78, 5) is 27.3. The van der Waals surface area contributed by atoms with E-state index in [2.05, 4.69) is 20.2 Å². The maximum absolute atomic E-state index is 13.5. The Morgan fingerprint density at radius 3 is 3.00 bits per heavy atom. The number of amides is 1. The number of fused-ring (bicyclic) bond motifs is 3. The molecule has 0 spiro atoms. The van der Waals surface area contributed by atoms with Crippen molar-refractivity contribution in [2.24, 2.45) is 0 Å². The van der Waals surface area contributed by atoms with Crippen molar-refractivity contribution < 1.29 is 14.3 Å². The highest BCUT2D eigenvalue weighted by Gasteiger charge is 2.26. The van der Waals surface area contributed by atoms with Crippen LogP contribution in [0.25, 0.3) is 10.2 Å². The van der Waals surface area contributed by atoms with Crippen LogP contribution in [0, 0.1) is 5.82 Å². The fourth-order valence-electron chi connectivity index (χ4n) is 4.02. The highest BCUT2D eigenvalue weighted by Crippen LogP contribution is 2.38. The van der Waals surface area contributed by atoms with E-state index in [0.29, 0.717) is 50.6 Å². The number of nitrogens with one attached hydrogen (secondary N) is 1. The second kappa shape index (κ2) is 8.74. The Balaban J connectivity index is 1.33. The molecule has 0 unspecified atom stereocenters. The summed E-state index contributed by atoms with van der Waals surface area (Å²) in [5, 5.41) is 13.5. The third-order valence-corrected chi connectivity index (χ3v) is 7.11. The molecule has 5 rings (SSSR count). The summed E-state index contributed by atoms with van der Waals surface area (Å²) in [6.45, 7) is 3.14. The zero-order valence-electron chi connectivity index (χ0n) is 17.1. The maximum atomic E-state index is 13.5. The molecule has 2 aromatic heterocycles. The first kappa shape index (κ1) is 21.3.